The number of pyridine rings is 1. The Kier molecular flexibility index (Phi) is 3.05. The number of amides is 1. The molecule has 0 spiro atoms. The van der Waals surface area contributed by atoms with Crippen molar-refractivity contribution >= 4 is 5.91 Å². The van der Waals surface area contributed by atoms with Gasteiger partial charge in [0.05, 0.1) is 6.61 Å². The second-order valence-electron chi connectivity index (χ2n) is 3.88. The number of aromatic nitrogens is 1. The number of carbonyl (C=O) groups is 1. The fraction of sp³-hybridized carbons (Fsp3) is 0.455. The van der Waals surface area contributed by atoms with E-state index in [2.05, 4.69) is 4.98 Å². The van der Waals surface area contributed by atoms with Gasteiger partial charge in [0.15, 0.2) is 0 Å². The lowest BCUT2D eigenvalue weighted by Crippen LogP contribution is -2.36. The van der Waals surface area contributed by atoms with Crippen LogP contribution < -0.4 is 5.56 Å². The first-order valence-corrected chi connectivity index (χ1v) is 5.33. The molecule has 86 valence electrons. The van der Waals surface area contributed by atoms with Gasteiger partial charge in [-0.2, -0.15) is 0 Å². The molecule has 1 aromatic heterocycles. The Morgan fingerprint density at radius 3 is 2.81 bits per heavy atom. The molecule has 1 aliphatic carbocycles. The molecule has 2 rings (SSSR count). The summed E-state index contributed by atoms with van der Waals surface area (Å²) in [5, 5.41) is 8.90. The average molecular weight is 222 g/mol. The van der Waals surface area contributed by atoms with Crippen LogP contribution in [0.2, 0.25) is 0 Å². The Bertz CT molecular complexity index is 437. The van der Waals surface area contributed by atoms with Crippen LogP contribution in [0.25, 0.3) is 0 Å². The maximum atomic E-state index is 12.0. The minimum atomic E-state index is -0.286. The molecule has 1 heterocycles. The summed E-state index contributed by atoms with van der Waals surface area (Å²) in [7, 11) is 0. The summed E-state index contributed by atoms with van der Waals surface area (Å²) in [5.74, 6) is -0.214. The first-order valence-electron chi connectivity index (χ1n) is 5.33. The molecule has 0 unspecified atom stereocenters. The Hall–Kier alpha value is -1.62. The number of aliphatic hydroxyl groups excluding tert-OH is 1. The van der Waals surface area contributed by atoms with Crippen molar-refractivity contribution in [1.29, 1.82) is 0 Å². The smallest absolute Gasteiger partial charge is 0.270 e. The van der Waals surface area contributed by atoms with Gasteiger partial charge in [-0.25, -0.2) is 0 Å². The van der Waals surface area contributed by atoms with Crippen molar-refractivity contribution in [2.24, 2.45) is 0 Å². The van der Waals surface area contributed by atoms with Crippen molar-refractivity contribution < 1.29 is 9.90 Å². The lowest BCUT2D eigenvalue weighted by atomic mass is 10.3. The van der Waals surface area contributed by atoms with Crippen LogP contribution in [0.4, 0.5) is 0 Å². The summed E-state index contributed by atoms with van der Waals surface area (Å²) < 4.78 is 0. The van der Waals surface area contributed by atoms with Gasteiger partial charge >= 0.3 is 0 Å². The summed E-state index contributed by atoms with van der Waals surface area (Å²) in [5.41, 5.74) is -0.00144. The summed E-state index contributed by atoms with van der Waals surface area (Å²) in [6.45, 7) is 0.264. The fourth-order valence-electron chi connectivity index (χ4n) is 1.67. The summed E-state index contributed by atoms with van der Waals surface area (Å²) in [6.07, 6.45) is 1.95. The lowest BCUT2D eigenvalue weighted by molar-refractivity contribution is 0.0701. The van der Waals surface area contributed by atoms with E-state index in [1.165, 1.54) is 6.07 Å². The van der Waals surface area contributed by atoms with E-state index in [0.29, 0.717) is 6.54 Å². The van der Waals surface area contributed by atoms with Gasteiger partial charge in [-0.05, 0) is 18.9 Å². The van der Waals surface area contributed by atoms with Crippen LogP contribution in [0, 0.1) is 0 Å². The van der Waals surface area contributed by atoms with E-state index in [-0.39, 0.29) is 29.8 Å². The van der Waals surface area contributed by atoms with Crippen molar-refractivity contribution in [2.75, 3.05) is 13.2 Å². The predicted octanol–water partition coefficient (Wildman–Crippen LogP) is -0.0282. The highest BCUT2D eigenvalue weighted by Crippen LogP contribution is 2.27. The van der Waals surface area contributed by atoms with Gasteiger partial charge in [-0.15, -0.1) is 0 Å². The van der Waals surface area contributed by atoms with E-state index in [0.717, 1.165) is 12.8 Å². The Balaban J connectivity index is 2.18. The molecule has 0 saturated heterocycles. The van der Waals surface area contributed by atoms with Gasteiger partial charge in [0.25, 0.3) is 5.91 Å². The van der Waals surface area contributed by atoms with Crippen LogP contribution in [0.15, 0.2) is 23.0 Å². The Morgan fingerprint density at radius 1 is 1.50 bits per heavy atom. The molecule has 0 radical (unpaired) electrons. The first-order chi connectivity index (χ1) is 7.72. The number of carbonyl (C=O) groups excluding carboxylic acids is 1. The number of aliphatic hydroxyl groups is 1. The minimum Gasteiger partial charge on any atom is -0.395 e. The topological polar surface area (TPSA) is 73.4 Å². The maximum Gasteiger partial charge on any atom is 0.270 e. The van der Waals surface area contributed by atoms with Crippen molar-refractivity contribution in [3.63, 3.8) is 0 Å². The number of nitrogens with one attached hydrogen (secondary N) is 1. The third kappa shape index (κ3) is 2.30. The molecule has 5 heteroatoms. The molecule has 1 aliphatic rings. The first kappa shape index (κ1) is 10.9. The third-order valence-electron chi connectivity index (χ3n) is 2.59. The molecule has 0 aromatic carbocycles. The van der Waals surface area contributed by atoms with Gasteiger partial charge in [0.2, 0.25) is 5.56 Å². The van der Waals surface area contributed by atoms with Gasteiger partial charge in [-0.1, -0.05) is 6.07 Å². The van der Waals surface area contributed by atoms with Gasteiger partial charge in [-0.3, -0.25) is 9.59 Å². The van der Waals surface area contributed by atoms with Crippen molar-refractivity contribution in [1.82, 2.24) is 9.88 Å². The molecule has 1 aromatic rings. The van der Waals surface area contributed by atoms with Crippen molar-refractivity contribution in [3.8, 4) is 0 Å². The van der Waals surface area contributed by atoms with Crippen molar-refractivity contribution in [3.05, 3.63) is 34.2 Å². The molecule has 0 atom stereocenters. The van der Waals surface area contributed by atoms with Gasteiger partial charge in [0, 0.05) is 18.7 Å². The van der Waals surface area contributed by atoms with Gasteiger partial charge < -0.3 is 15.0 Å². The number of aromatic amines is 1. The molecule has 0 aliphatic heterocycles. The number of hydrogen-bond donors (Lipinski definition) is 2. The monoisotopic (exact) mass is 222 g/mol. The molecular formula is C11H14N2O3. The maximum absolute atomic E-state index is 12.0. The van der Waals surface area contributed by atoms with E-state index in [9.17, 15) is 9.59 Å². The average Bonchev–Trinajstić information content (AvgIpc) is 3.09. The van der Waals surface area contributed by atoms with E-state index < -0.39 is 0 Å². The number of hydrogen-bond acceptors (Lipinski definition) is 3. The van der Waals surface area contributed by atoms with E-state index in [4.69, 9.17) is 5.11 Å². The Labute approximate surface area is 92.7 Å². The molecule has 2 N–H and O–H groups in total. The van der Waals surface area contributed by atoms with Gasteiger partial charge in [0.1, 0.15) is 5.69 Å². The molecule has 1 fully saturated rings. The molecule has 1 amide bonds. The molecule has 5 nitrogen and oxygen atoms in total. The number of nitrogens with zero attached hydrogens (tertiary/aromatic N) is 1. The quantitative estimate of drug-likeness (QED) is 0.751. The number of H-pyrrole nitrogens is 1. The van der Waals surface area contributed by atoms with Crippen LogP contribution in [0.1, 0.15) is 23.3 Å². The van der Waals surface area contributed by atoms with E-state index >= 15 is 0 Å². The summed E-state index contributed by atoms with van der Waals surface area (Å²) >= 11 is 0. The predicted molar refractivity (Wildman–Crippen MR) is 58.2 cm³/mol. The molecule has 1 saturated carbocycles. The fourth-order valence-corrected chi connectivity index (χ4v) is 1.67. The third-order valence-corrected chi connectivity index (χ3v) is 2.59. The molecule has 0 bridgehead atoms. The second-order valence-corrected chi connectivity index (χ2v) is 3.88. The van der Waals surface area contributed by atoms with Crippen LogP contribution >= 0.6 is 0 Å². The van der Waals surface area contributed by atoms with E-state index in [1.54, 1.807) is 17.0 Å². The van der Waals surface area contributed by atoms with Crippen molar-refractivity contribution in [2.45, 2.75) is 18.9 Å². The normalized spacial score (nSPS) is 14.8. The van der Waals surface area contributed by atoms with Crippen LogP contribution in [-0.2, 0) is 0 Å². The molecule has 16 heavy (non-hydrogen) atoms. The van der Waals surface area contributed by atoms with Crippen LogP contribution in [0.5, 0.6) is 0 Å². The zero-order chi connectivity index (χ0) is 11.5. The molecular weight excluding hydrogens is 208 g/mol. The van der Waals surface area contributed by atoms with Crippen LogP contribution in [-0.4, -0.2) is 40.1 Å². The summed E-state index contributed by atoms with van der Waals surface area (Å²) in [4.78, 5) is 27.2. The largest absolute Gasteiger partial charge is 0.395 e. The van der Waals surface area contributed by atoms with E-state index in [1.807, 2.05) is 0 Å². The number of rotatable bonds is 4. The highest BCUT2D eigenvalue weighted by Gasteiger charge is 2.32. The second kappa shape index (κ2) is 4.49. The summed E-state index contributed by atoms with van der Waals surface area (Å²) in [6, 6.07) is 4.72. The van der Waals surface area contributed by atoms with Crippen LogP contribution in [0.3, 0.4) is 0 Å². The lowest BCUT2D eigenvalue weighted by Gasteiger charge is -2.20. The Morgan fingerprint density at radius 2 is 2.25 bits per heavy atom. The highest BCUT2D eigenvalue weighted by atomic mass is 16.3. The highest BCUT2D eigenvalue weighted by molar-refractivity contribution is 5.92. The standard InChI is InChI=1S/C11H14N2O3/c14-7-6-13(8-4-5-8)11(16)9-2-1-3-10(15)12-9/h1-3,8,14H,4-7H2,(H,12,15). The zero-order valence-electron chi connectivity index (χ0n) is 8.85. The SMILES string of the molecule is O=C(c1cccc(=O)[nH]1)N(CCO)C1CC1. The minimum absolute atomic E-state index is 0.0562. The zero-order valence-corrected chi connectivity index (χ0v) is 8.85.